The Bertz CT molecular complexity index is 3240. The van der Waals surface area contributed by atoms with Gasteiger partial charge >= 0.3 is 0 Å². The van der Waals surface area contributed by atoms with Gasteiger partial charge in [-0.3, -0.25) is 0 Å². The van der Waals surface area contributed by atoms with Crippen LogP contribution in [-0.2, 0) is 0 Å². The van der Waals surface area contributed by atoms with Crippen molar-refractivity contribution in [2.45, 2.75) is 0 Å². The lowest BCUT2D eigenvalue weighted by molar-refractivity contribution is 0.459. The highest BCUT2D eigenvalue weighted by atomic mass is 16.3. The molecule has 8 bridgehead atoms. The maximum Gasteiger partial charge on any atom is 0.123 e. The number of rotatable bonds is 5. The average molecular weight is 787 g/mol. The molecule has 60 heavy (non-hydrogen) atoms. The van der Waals surface area contributed by atoms with Crippen LogP contribution in [0.1, 0.15) is 28.3 Å². The van der Waals surface area contributed by atoms with E-state index in [-0.39, 0.29) is 34.5 Å². The second-order valence-electron chi connectivity index (χ2n) is 14.6. The van der Waals surface area contributed by atoms with Crippen molar-refractivity contribution in [2.75, 3.05) is 0 Å². The standard InChI is InChI=1S/C50H34N4O6/c55-31-9-1-27(2-10-31)46-38-18-19-39(51-38)47(28-3-11-32(56)12-4-28)41-22-23-43(53-41)49(30-7-15-34(58)16-8-30)50-37(36-25-35(59)17-24-45(36)60)26-44(54-50)48(42-21-20-40(46)52-42)29-5-13-33(57)14-6-29/h1-26,52-53,55-60H. The molecule has 0 amide bonds. The van der Waals surface area contributed by atoms with Gasteiger partial charge in [-0.05, 0) is 131 Å². The smallest absolute Gasteiger partial charge is 0.123 e. The van der Waals surface area contributed by atoms with E-state index in [0.717, 1.165) is 33.3 Å². The molecule has 0 saturated carbocycles. The minimum Gasteiger partial charge on any atom is -0.508 e. The number of phenolic OH excluding ortho intramolecular Hbond substituents is 6. The van der Waals surface area contributed by atoms with Crippen LogP contribution in [0.15, 0.2) is 140 Å². The molecule has 8 N–H and O–H groups in total. The van der Waals surface area contributed by atoms with Crippen LogP contribution in [0.3, 0.4) is 0 Å². The van der Waals surface area contributed by atoms with E-state index in [2.05, 4.69) is 9.97 Å². The lowest BCUT2D eigenvalue weighted by atomic mass is 9.94. The number of aromatic hydroxyl groups is 6. The van der Waals surface area contributed by atoms with Crippen LogP contribution < -0.4 is 0 Å². The summed E-state index contributed by atoms with van der Waals surface area (Å²) >= 11 is 0. The Labute approximate surface area is 342 Å². The molecule has 2 aliphatic heterocycles. The second-order valence-corrected chi connectivity index (χ2v) is 14.6. The SMILES string of the molecule is Oc1ccc(-c2c3nc(c(-c4ccc(O)cc4)c4ccc([nH]4)c(-c4ccc(O)cc4)c4nc(c(-c5ccc(O)cc5)c5ccc2[nH]5)C=C4c2cc(O)ccc2O)C=C3)cc1. The molecular formula is C50H34N4O6. The van der Waals surface area contributed by atoms with E-state index >= 15 is 0 Å². The summed E-state index contributed by atoms with van der Waals surface area (Å²) in [6, 6.07) is 39.6. The topological polar surface area (TPSA) is 179 Å². The third-order valence-corrected chi connectivity index (χ3v) is 10.8. The summed E-state index contributed by atoms with van der Waals surface area (Å²) in [6.07, 6.45) is 5.78. The van der Waals surface area contributed by atoms with E-state index < -0.39 is 0 Å². The van der Waals surface area contributed by atoms with Crippen molar-refractivity contribution >= 4 is 45.9 Å². The third-order valence-electron chi connectivity index (χ3n) is 10.8. The molecule has 8 aromatic rings. The minimum atomic E-state index is -0.0709. The van der Waals surface area contributed by atoms with Crippen LogP contribution in [0, 0.1) is 0 Å². The van der Waals surface area contributed by atoms with Crippen LogP contribution in [-0.4, -0.2) is 50.6 Å². The van der Waals surface area contributed by atoms with Gasteiger partial charge in [0.2, 0.25) is 0 Å². The number of hydrogen-bond acceptors (Lipinski definition) is 8. The first-order chi connectivity index (χ1) is 29.2. The van der Waals surface area contributed by atoms with Crippen LogP contribution in [0.25, 0.3) is 90.4 Å². The van der Waals surface area contributed by atoms with E-state index in [1.54, 1.807) is 60.7 Å². The highest BCUT2D eigenvalue weighted by molar-refractivity contribution is 6.06. The fourth-order valence-corrected chi connectivity index (χ4v) is 7.95. The predicted octanol–water partition coefficient (Wildman–Crippen LogP) is 11.0. The van der Waals surface area contributed by atoms with E-state index in [1.807, 2.05) is 78.9 Å². The molecule has 0 radical (unpaired) electrons. The van der Waals surface area contributed by atoms with Gasteiger partial charge in [-0.15, -0.1) is 0 Å². The Balaban J connectivity index is 1.44. The van der Waals surface area contributed by atoms with Crippen LogP contribution in [0.5, 0.6) is 34.5 Å². The summed E-state index contributed by atoms with van der Waals surface area (Å²) in [5.74, 6) is 0.298. The molecule has 0 atom stereocenters. The van der Waals surface area contributed by atoms with Crippen molar-refractivity contribution in [3.8, 4) is 79.0 Å². The first-order valence-corrected chi connectivity index (χ1v) is 19.1. The second kappa shape index (κ2) is 14.2. The number of nitrogens with zero attached hydrogens (tertiary/aromatic N) is 2. The normalized spacial score (nSPS) is 12.1. The molecule has 10 heteroatoms. The number of nitrogens with one attached hydrogen (secondary N) is 2. The fraction of sp³-hybridized carbons (Fsp3) is 0. The Kier molecular flexibility index (Phi) is 8.46. The van der Waals surface area contributed by atoms with Gasteiger partial charge in [0.1, 0.15) is 34.5 Å². The molecule has 0 unspecified atom stereocenters. The highest BCUT2D eigenvalue weighted by Crippen LogP contribution is 2.44. The lowest BCUT2D eigenvalue weighted by Crippen LogP contribution is -1.93. The van der Waals surface area contributed by atoms with Crippen LogP contribution in [0.4, 0.5) is 0 Å². The number of fused-ring (bicyclic) bond motifs is 8. The molecule has 10 nitrogen and oxygen atoms in total. The first-order valence-electron chi connectivity index (χ1n) is 19.1. The Morgan fingerprint density at radius 3 is 1.15 bits per heavy atom. The summed E-state index contributed by atoms with van der Waals surface area (Å²) in [7, 11) is 0. The molecule has 5 heterocycles. The monoisotopic (exact) mass is 786 g/mol. The van der Waals surface area contributed by atoms with Crippen LogP contribution in [0.2, 0.25) is 0 Å². The maximum absolute atomic E-state index is 11.4. The molecule has 0 fully saturated rings. The fourth-order valence-electron chi connectivity index (χ4n) is 7.95. The zero-order valence-corrected chi connectivity index (χ0v) is 31.6. The van der Waals surface area contributed by atoms with Gasteiger partial charge in [0, 0.05) is 55.5 Å². The Morgan fingerprint density at radius 2 is 0.717 bits per heavy atom. The first kappa shape index (κ1) is 35.9. The highest BCUT2D eigenvalue weighted by Gasteiger charge is 2.25. The van der Waals surface area contributed by atoms with E-state index in [1.165, 1.54) is 18.2 Å². The molecule has 5 aromatic carbocycles. The van der Waals surface area contributed by atoms with Crippen molar-refractivity contribution in [3.63, 3.8) is 0 Å². The van der Waals surface area contributed by atoms with Crippen molar-refractivity contribution in [1.29, 1.82) is 0 Å². The van der Waals surface area contributed by atoms with Gasteiger partial charge in [0.15, 0.2) is 0 Å². The zero-order chi connectivity index (χ0) is 41.1. The van der Waals surface area contributed by atoms with Gasteiger partial charge in [0.25, 0.3) is 0 Å². The van der Waals surface area contributed by atoms with Gasteiger partial charge in [-0.25, -0.2) is 9.97 Å². The third kappa shape index (κ3) is 6.34. The van der Waals surface area contributed by atoms with Crippen molar-refractivity contribution < 1.29 is 30.6 Å². The van der Waals surface area contributed by atoms with Crippen LogP contribution >= 0.6 is 0 Å². The zero-order valence-electron chi connectivity index (χ0n) is 31.6. The summed E-state index contributed by atoms with van der Waals surface area (Å²) in [6.45, 7) is 0. The number of phenols is 6. The van der Waals surface area contributed by atoms with Crippen molar-refractivity contribution in [1.82, 2.24) is 19.9 Å². The van der Waals surface area contributed by atoms with Gasteiger partial charge in [0.05, 0.1) is 22.8 Å². The largest absolute Gasteiger partial charge is 0.508 e. The van der Waals surface area contributed by atoms with Gasteiger partial charge in [-0.2, -0.15) is 0 Å². The molecule has 3 aromatic heterocycles. The summed E-state index contributed by atoms with van der Waals surface area (Å²) < 4.78 is 0. The van der Waals surface area contributed by atoms with E-state index in [9.17, 15) is 30.6 Å². The number of benzene rings is 5. The maximum atomic E-state index is 11.4. The molecule has 2 aliphatic rings. The van der Waals surface area contributed by atoms with E-state index in [0.29, 0.717) is 67.2 Å². The van der Waals surface area contributed by atoms with Crippen molar-refractivity contribution in [2.24, 2.45) is 0 Å². The molecule has 0 spiro atoms. The molecule has 290 valence electrons. The molecule has 0 aliphatic carbocycles. The Morgan fingerprint density at radius 1 is 0.350 bits per heavy atom. The summed E-state index contributed by atoms with van der Waals surface area (Å²) in [5, 5.41) is 63.5. The van der Waals surface area contributed by atoms with Crippen molar-refractivity contribution in [3.05, 3.63) is 168 Å². The Hall–Kier alpha value is -8.50. The summed E-state index contributed by atoms with van der Waals surface area (Å²) in [5.41, 5.74) is 11.8. The molecular weight excluding hydrogens is 753 g/mol. The number of H-pyrrole nitrogens is 2. The minimum absolute atomic E-state index is 0.0493. The average Bonchev–Trinajstić information content (AvgIpc) is 4.09. The number of aromatic nitrogens is 4. The quantitative estimate of drug-likeness (QED) is 0.0794. The predicted molar refractivity (Wildman–Crippen MR) is 235 cm³/mol. The molecule has 0 saturated heterocycles. The lowest BCUT2D eigenvalue weighted by Gasteiger charge is -2.11. The molecule has 10 rings (SSSR count). The van der Waals surface area contributed by atoms with Gasteiger partial charge in [-0.1, -0.05) is 48.5 Å². The van der Waals surface area contributed by atoms with E-state index in [4.69, 9.17) is 9.97 Å². The summed E-state index contributed by atoms with van der Waals surface area (Å²) in [4.78, 5) is 17.9. The van der Waals surface area contributed by atoms with Gasteiger partial charge < -0.3 is 40.6 Å². The number of hydrogen-bond donors (Lipinski definition) is 8. The number of aromatic amines is 2.